The minimum absolute atomic E-state index is 0.0955. The quantitative estimate of drug-likeness (QED) is 0.799. The maximum Gasteiger partial charge on any atom is 0.251 e. The Morgan fingerprint density at radius 1 is 1.19 bits per heavy atom. The standard InChI is InChI=1S/C17H16N2O2/c1-12-19-15-8-7-14(11-16(15)21-12)17(20)18-10-9-13-5-3-2-4-6-13/h2-8,11H,9-10H2,1H3,(H,18,20). The second kappa shape index (κ2) is 5.79. The molecule has 21 heavy (non-hydrogen) atoms. The molecular formula is C17H16N2O2. The average molecular weight is 280 g/mol. The molecule has 0 radical (unpaired) electrons. The number of fused-ring (bicyclic) bond motifs is 1. The minimum atomic E-state index is -0.0955. The van der Waals surface area contributed by atoms with Crippen molar-refractivity contribution < 1.29 is 9.21 Å². The van der Waals surface area contributed by atoms with Gasteiger partial charge in [-0.2, -0.15) is 0 Å². The zero-order chi connectivity index (χ0) is 14.7. The molecule has 0 saturated carbocycles. The number of hydrogen-bond acceptors (Lipinski definition) is 3. The minimum Gasteiger partial charge on any atom is -0.441 e. The largest absolute Gasteiger partial charge is 0.441 e. The Morgan fingerprint density at radius 3 is 2.81 bits per heavy atom. The lowest BCUT2D eigenvalue weighted by molar-refractivity contribution is 0.0954. The SMILES string of the molecule is Cc1nc2ccc(C(=O)NCCc3ccccc3)cc2o1. The maximum atomic E-state index is 12.1. The van der Waals surface area contributed by atoms with Crippen molar-refractivity contribution >= 4 is 17.0 Å². The van der Waals surface area contributed by atoms with Crippen LogP contribution in [0.2, 0.25) is 0 Å². The van der Waals surface area contributed by atoms with Crippen molar-refractivity contribution in [3.8, 4) is 0 Å². The summed E-state index contributed by atoms with van der Waals surface area (Å²) < 4.78 is 5.44. The van der Waals surface area contributed by atoms with Crippen LogP contribution >= 0.6 is 0 Å². The number of hydrogen-bond donors (Lipinski definition) is 1. The van der Waals surface area contributed by atoms with Gasteiger partial charge in [-0.25, -0.2) is 4.98 Å². The number of aromatic nitrogens is 1. The summed E-state index contributed by atoms with van der Waals surface area (Å²) in [6, 6.07) is 15.4. The van der Waals surface area contributed by atoms with E-state index in [1.165, 1.54) is 5.56 Å². The molecule has 3 rings (SSSR count). The van der Waals surface area contributed by atoms with Crippen molar-refractivity contribution in [1.82, 2.24) is 10.3 Å². The highest BCUT2D eigenvalue weighted by Gasteiger charge is 2.09. The van der Waals surface area contributed by atoms with Crippen LogP contribution in [0.1, 0.15) is 21.8 Å². The lowest BCUT2D eigenvalue weighted by atomic mass is 10.1. The van der Waals surface area contributed by atoms with E-state index in [0.717, 1.165) is 11.9 Å². The zero-order valence-electron chi connectivity index (χ0n) is 11.8. The first-order chi connectivity index (χ1) is 10.2. The highest BCUT2D eigenvalue weighted by molar-refractivity contribution is 5.97. The molecule has 4 nitrogen and oxygen atoms in total. The molecule has 0 saturated heterocycles. The van der Waals surface area contributed by atoms with Gasteiger partial charge >= 0.3 is 0 Å². The Balaban J connectivity index is 1.63. The van der Waals surface area contributed by atoms with Crippen molar-refractivity contribution in [3.63, 3.8) is 0 Å². The lowest BCUT2D eigenvalue weighted by Gasteiger charge is -2.05. The number of nitrogens with one attached hydrogen (secondary N) is 1. The van der Waals surface area contributed by atoms with Gasteiger partial charge < -0.3 is 9.73 Å². The molecule has 3 aromatic rings. The van der Waals surface area contributed by atoms with Crippen LogP contribution in [0.5, 0.6) is 0 Å². The van der Waals surface area contributed by atoms with Crippen molar-refractivity contribution in [2.24, 2.45) is 0 Å². The highest BCUT2D eigenvalue weighted by Crippen LogP contribution is 2.16. The summed E-state index contributed by atoms with van der Waals surface area (Å²) in [5.41, 5.74) is 3.21. The van der Waals surface area contributed by atoms with E-state index in [1.54, 1.807) is 25.1 Å². The van der Waals surface area contributed by atoms with Gasteiger partial charge in [-0.1, -0.05) is 30.3 Å². The Morgan fingerprint density at radius 2 is 2.00 bits per heavy atom. The molecule has 1 amide bonds. The van der Waals surface area contributed by atoms with Crippen molar-refractivity contribution in [1.29, 1.82) is 0 Å². The monoisotopic (exact) mass is 280 g/mol. The summed E-state index contributed by atoms with van der Waals surface area (Å²) in [6.45, 7) is 2.40. The van der Waals surface area contributed by atoms with Crippen LogP contribution in [-0.2, 0) is 6.42 Å². The van der Waals surface area contributed by atoms with E-state index in [-0.39, 0.29) is 5.91 Å². The molecular weight excluding hydrogens is 264 g/mol. The third-order valence-corrected chi connectivity index (χ3v) is 3.30. The van der Waals surface area contributed by atoms with E-state index < -0.39 is 0 Å². The van der Waals surface area contributed by atoms with Gasteiger partial charge in [-0.05, 0) is 30.2 Å². The van der Waals surface area contributed by atoms with E-state index in [0.29, 0.717) is 23.6 Å². The van der Waals surface area contributed by atoms with Crippen molar-refractivity contribution in [3.05, 3.63) is 65.5 Å². The number of carbonyl (C=O) groups is 1. The zero-order valence-corrected chi connectivity index (χ0v) is 11.8. The first-order valence-electron chi connectivity index (χ1n) is 6.92. The number of oxazole rings is 1. The number of carbonyl (C=O) groups excluding carboxylic acids is 1. The molecule has 1 heterocycles. The van der Waals surface area contributed by atoms with Gasteiger partial charge in [0, 0.05) is 19.0 Å². The maximum absolute atomic E-state index is 12.1. The van der Waals surface area contributed by atoms with Crippen LogP contribution in [0.4, 0.5) is 0 Å². The van der Waals surface area contributed by atoms with Crippen LogP contribution in [0, 0.1) is 6.92 Å². The third-order valence-electron chi connectivity index (χ3n) is 3.30. The van der Waals surface area contributed by atoms with Gasteiger partial charge in [-0.3, -0.25) is 4.79 Å². The summed E-state index contributed by atoms with van der Waals surface area (Å²) in [7, 11) is 0. The Bertz CT molecular complexity index is 763. The Kier molecular flexibility index (Phi) is 3.69. The molecule has 0 aliphatic heterocycles. The topological polar surface area (TPSA) is 55.1 Å². The number of rotatable bonds is 4. The predicted molar refractivity (Wildman–Crippen MR) is 81.2 cm³/mol. The Hall–Kier alpha value is -2.62. The van der Waals surface area contributed by atoms with Crippen LogP contribution < -0.4 is 5.32 Å². The summed E-state index contributed by atoms with van der Waals surface area (Å²) in [5.74, 6) is 0.508. The molecule has 0 spiro atoms. The predicted octanol–water partition coefficient (Wildman–Crippen LogP) is 3.11. The smallest absolute Gasteiger partial charge is 0.251 e. The Labute approximate surface area is 122 Å². The summed E-state index contributed by atoms with van der Waals surface area (Å²) in [6.07, 6.45) is 0.816. The molecule has 0 aliphatic carbocycles. The summed E-state index contributed by atoms with van der Waals surface area (Å²) in [5, 5.41) is 2.92. The van der Waals surface area contributed by atoms with Crippen LogP contribution in [0.15, 0.2) is 52.9 Å². The van der Waals surface area contributed by atoms with Crippen molar-refractivity contribution in [2.45, 2.75) is 13.3 Å². The lowest BCUT2D eigenvalue weighted by Crippen LogP contribution is -2.25. The second-order valence-corrected chi connectivity index (χ2v) is 4.91. The van der Waals surface area contributed by atoms with Gasteiger partial charge in [0.1, 0.15) is 5.52 Å². The molecule has 1 aromatic heterocycles. The first-order valence-corrected chi connectivity index (χ1v) is 6.92. The van der Waals surface area contributed by atoms with Crippen LogP contribution in [0.25, 0.3) is 11.1 Å². The van der Waals surface area contributed by atoms with Gasteiger partial charge in [0.25, 0.3) is 5.91 Å². The molecule has 0 unspecified atom stereocenters. The van der Waals surface area contributed by atoms with Crippen LogP contribution in [0.3, 0.4) is 0 Å². The first kappa shape index (κ1) is 13.4. The van der Waals surface area contributed by atoms with Gasteiger partial charge in [0.05, 0.1) is 0 Å². The molecule has 0 aliphatic rings. The summed E-state index contributed by atoms with van der Waals surface area (Å²) >= 11 is 0. The van der Waals surface area contributed by atoms with Gasteiger partial charge in [-0.15, -0.1) is 0 Å². The molecule has 4 heteroatoms. The van der Waals surface area contributed by atoms with Crippen molar-refractivity contribution in [2.75, 3.05) is 6.54 Å². The average Bonchev–Trinajstić information content (AvgIpc) is 2.87. The summed E-state index contributed by atoms with van der Waals surface area (Å²) in [4.78, 5) is 16.3. The number of aryl methyl sites for hydroxylation is 1. The number of benzene rings is 2. The molecule has 1 N–H and O–H groups in total. The van der Waals surface area contributed by atoms with Gasteiger partial charge in [0.2, 0.25) is 0 Å². The molecule has 0 fully saturated rings. The van der Waals surface area contributed by atoms with E-state index in [1.807, 2.05) is 18.2 Å². The molecule has 0 bridgehead atoms. The fraction of sp³-hybridized carbons (Fsp3) is 0.176. The second-order valence-electron chi connectivity index (χ2n) is 4.91. The van der Waals surface area contributed by atoms with Crippen LogP contribution in [-0.4, -0.2) is 17.4 Å². The number of amides is 1. The third kappa shape index (κ3) is 3.11. The highest BCUT2D eigenvalue weighted by atomic mass is 16.3. The number of nitrogens with zero attached hydrogens (tertiary/aromatic N) is 1. The van der Waals surface area contributed by atoms with E-state index in [9.17, 15) is 4.79 Å². The normalized spacial score (nSPS) is 10.7. The van der Waals surface area contributed by atoms with E-state index in [4.69, 9.17) is 4.42 Å². The van der Waals surface area contributed by atoms with E-state index in [2.05, 4.69) is 22.4 Å². The van der Waals surface area contributed by atoms with Gasteiger partial charge in [0.15, 0.2) is 11.5 Å². The molecule has 0 atom stereocenters. The van der Waals surface area contributed by atoms with E-state index >= 15 is 0 Å². The molecule has 2 aromatic carbocycles. The molecule has 106 valence electrons. The fourth-order valence-electron chi connectivity index (χ4n) is 2.25. The fourth-order valence-corrected chi connectivity index (χ4v) is 2.25.